The number of benzene rings is 1. The number of carbonyl (C=O) groups is 2. The Morgan fingerprint density at radius 2 is 2.00 bits per heavy atom. The molecule has 0 spiro atoms. The van der Waals surface area contributed by atoms with Crippen molar-refractivity contribution in [1.29, 1.82) is 0 Å². The van der Waals surface area contributed by atoms with Crippen LogP contribution in [0.1, 0.15) is 32.0 Å². The molecule has 2 N–H and O–H groups in total. The smallest absolute Gasteiger partial charge is 0.339 e. The van der Waals surface area contributed by atoms with E-state index in [4.69, 9.17) is 5.11 Å². The zero-order chi connectivity index (χ0) is 14.9. The number of carboxylic acids is 1. The molecule has 20 heavy (non-hydrogen) atoms. The van der Waals surface area contributed by atoms with Gasteiger partial charge in [-0.1, -0.05) is 17.7 Å². The topological polar surface area (TPSA) is 84.2 Å². The molecule has 0 radical (unpaired) electrons. The second-order valence-electron chi connectivity index (χ2n) is 4.64. The fraction of sp³-hybridized carbons (Fsp3) is 0.214. The molecule has 104 valence electrons. The molecule has 0 saturated carbocycles. The molecule has 2 rings (SSSR count). The maximum atomic E-state index is 12.1. The number of aromatic nitrogens is 2. The van der Waals surface area contributed by atoms with Crippen molar-refractivity contribution >= 4 is 17.6 Å². The summed E-state index contributed by atoms with van der Waals surface area (Å²) in [6.45, 7) is 3.83. The van der Waals surface area contributed by atoms with Crippen molar-refractivity contribution in [1.82, 2.24) is 9.78 Å². The van der Waals surface area contributed by atoms with Crippen molar-refractivity contribution in [3.05, 3.63) is 46.8 Å². The van der Waals surface area contributed by atoms with Crippen LogP contribution in [0.4, 0.5) is 5.69 Å². The van der Waals surface area contributed by atoms with Gasteiger partial charge in [-0.05, 0) is 25.5 Å². The zero-order valence-corrected chi connectivity index (χ0v) is 11.5. The molecule has 1 amide bonds. The average molecular weight is 273 g/mol. The van der Waals surface area contributed by atoms with Gasteiger partial charge in [-0.15, -0.1) is 0 Å². The van der Waals surface area contributed by atoms with E-state index in [0.29, 0.717) is 5.69 Å². The molecule has 0 atom stereocenters. The minimum Gasteiger partial charge on any atom is -0.478 e. The molecule has 1 aromatic carbocycles. The summed E-state index contributed by atoms with van der Waals surface area (Å²) in [6, 6.07) is 5.59. The van der Waals surface area contributed by atoms with E-state index in [2.05, 4.69) is 10.4 Å². The Hall–Kier alpha value is -2.63. The van der Waals surface area contributed by atoms with E-state index < -0.39 is 11.9 Å². The number of carbonyl (C=O) groups excluding carboxylic acids is 1. The van der Waals surface area contributed by atoms with Crippen molar-refractivity contribution in [2.24, 2.45) is 7.05 Å². The zero-order valence-electron chi connectivity index (χ0n) is 11.5. The van der Waals surface area contributed by atoms with E-state index in [0.717, 1.165) is 11.1 Å². The molecule has 0 bridgehead atoms. The van der Waals surface area contributed by atoms with Crippen LogP contribution in [0, 0.1) is 13.8 Å². The number of aryl methyl sites for hydroxylation is 3. The minimum absolute atomic E-state index is 0.0972. The quantitative estimate of drug-likeness (QED) is 0.895. The van der Waals surface area contributed by atoms with Crippen LogP contribution < -0.4 is 5.32 Å². The second kappa shape index (κ2) is 5.16. The van der Waals surface area contributed by atoms with Crippen LogP contribution in [0.5, 0.6) is 0 Å². The highest BCUT2D eigenvalue weighted by molar-refractivity contribution is 6.09. The first-order valence-electron chi connectivity index (χ1n) is 6.04. The maximum absolute atomic E-state index is 12.1. The van der Waals surface area contributed by atoms with Crippen LogP contribution in [0.25, 0.3) is 0 Å². The van der Waals surface area contributed by atoms with E-state index in [-0.39, 0.29) is 11.3 Å². The first-order valence-corrected chi connectivity index (χ1v) is 6.04. The molecule has 0 aliphatic carbocycles. The van der Waals surface area contributed by atoms with Crippen LogP contribution in [0.15, 0.2) is 24.4 Å². The van der Waals surface area contributed by atoms with Crippen LogP contribution in [-0.4, -0.2) is 26.8 Å². The van der Waals surface area contributed by atoms with E-state index in [9.17, 15) is 9.59 Å². The van der Waals surface area contributed by atoms with E-state index in [1.165, 1.54) is 10.9 Å². The average Bonchev–Trinajstić information content (AvgIpc) is 2.75. The summed E-state index contributed by atoms with van der Waals surface area (Å²) in [4.78, 5) is 23.2. The lowest BCUT2D eigenvalue weighted by molar-refractivity contribution is 0.0692. The predicted octanol–water partition coefficient (Wildman–Crippen LogP) is 1.99. The standard InChI is InChI=1S/C14H15N3O3/c1-8-4-5-11(9(2)6-8)15-13(18)12-10(14(19)20)7-17(3)16-12/h4-7H,1-3H3,(H,15,18)(H,19,20). The largest absolute Gasteiger partial charge is 0.478 e. The summed E-state index contributed by atoms with van der Waals surface area (Å²) >= 11 is 0. The summed E-state index contributed by atoms with van der Waals surface area (Å²) in [5.74, 6) is -1.71. The van der Waals surface area contributed by atoms with Gasteiger partial charge in [0.1, 0.15) is 5.56 Å². The van der Waals surface area contributed by atoms with Crippen LogP contribution >= 0.6 is 0 Å². The Morgan fingerprint density at radius 3 is 2.60 bits per heavy atom. The third kappa shape index (κ3) is 2.69. The van der Waals surface area contributed by atoms with Crippen molar-refractivity contribution < 1.29 is 14.7 Å². The highest BCUT2D eigenvalue weighted by atomic mass is 16.4. The number of nitrogens with zero attached hydrogens (tertiary/aromatic N) is 2. The van der Waals surface area contributed by atoms with Gasteiger partial charge in [0.2, 0.25) is 0 Å². The lowest BCUT2D eigenvalue weighted by Crippen LogP contribution is -2.17. The molecule has 2 aromatic rings. The first kappa shape index (κ1) is 13.8. The molecule has 1 heterocycles. The van der Waals surface area contributed by atoms with Crippen molar-refractivity contribution in [2.45, 2.75) is 13.8 Å². The van der Waals surface area contributed by atoms with Gasteiger partial charge in [-0.2, -0.15) is 5.10 Å². The Balaban J connectivity index is 2.31. The molecular formula is C14H15N3O3. The molecule has 6 nitrogen and oxygen atoms in total. The van der Waals surface area contributed by atoms with Gasteiger partial charge in [0.25, 0.3) is 5.91 Å². The molecule has 1 aromatic heterocycles. The number of hydrogen-bond acceptors (Lipinski definition) is 3. The number of rotatable bonds is 3. The molecule has 6 heteroatoms. The number of anilines is 1. The van der Waals surface area contributed by atoms with Crippen molar-refractivity contribution in [3.8, 4) is 0 Å². The monoisotopic (exact) mass is 273 g/mol. The number of carboxylic acid groups (broad SMARTS) is 1. The summed E-state index contributed by atoms with van der Waals surface area (Å²) in [5.41, 5.74) is 2.42. The third-order valence-electron chi connectivity index (χ3n) is 2.90. The van der Waals surface area contributed by atoms with Crippen LogP contribution in [0.2, 0.25) is 0 Å². The number of amides is 1. The highest BCUT2D eigenvalue weighted by Crippen LogP contribution is 2.17. The molecule has 0 fully saturated rings. The minimum atomic E-state index is -1.18. The molecular weight excluding hydrogens is 258 g/mol. The van der Waals surface area contributed by atoms with Crippen molar-refractivity contribution in [3.63, 3.8) is 0 Å². The summed E-state index contributed by atoms with van der Waals surface area (Å²) in [6.07, 6.45) is 1.30. The highest BCUT2D eigenvalue weighted by Gasteiger charge is 2.21. The Bertz CT molecular complexity index is 689. The Labute approximate surface area is 116 Å². The van der Waals surface area contributed by atoms with Crippen LogP contribution in [-0.2, 0) is 7.05 Å². The molecule has 0 unspecified atom stereocenters. The van der Waals surface area contributed by atoms with Crippen molar-refractivity contribution in [2.75, 3.05) is 5.32 Å². The summed E-state index contributed by atoms with van der Waals surface area (Å²) < 4.78 is 1.31. The van der Waals surface area contributed by atoms with E-state index >= 15 is 0 Å². The molecule has 0 saturated heterocycles. The maximum Gasteiger partial charge on any atom is 0.339 e. The normalized spacial score (nSPS) is 10.3. The van der Waals surface area contributed by atoms with E-state index in [1.807, 2.05) is 26.0 Å². The number of hydrogen-bond donors (Lipinski definition) is 2. The molecule has 0 aliphatic heterocycles. The lowest BCUT2D eigenvalue weighted by Gasteiger charge is -2.08. The van der Waals surface area contributed by atoms with Gasteiger partial charge in [0.05, 0.1) is 0 Å². The van der Waals surface area contributed by atoms with Gasteiger partial charge >= 0.3 is 5.97 Å². The SMILES string of the molecule is Cc1ccc(NC(=O)c2nn(C)cc2C(=O)O)c(C)c1. The molecule has 0 aliphatic rings. The van der Waals surface area contributed by atoms with Gasteiger partial charge in [-0.3, -0.25) is 9.48 Å². The summed E-state index contributed by atoms with van der Waals surface area (Å²) in [5, 5.41) is 15.6. The summed E-state index contributed by atoms with van der Waals surface area (Å²) in [7, 11) is 1.57. The van der Waals surface area contributed by atoms with Gasteiger partial charge in [-0.25, -0.2) is 4.79 Å². The number of nitrogens with one attached hydrogen (secondary N) is 1. The van der Waals surface area contributed by atoms with Gasteiger partial charge in [0, 0.05) is 18.9 Å². The van der Waals surface area contributed by atoms with Gasteiger partial charge < -0.3 is 10.4 Å². The van der Waals surface area contributed by atoms with Gasteiger partial charge in [0.15, 0.2) is 5.69 Å². The first-order chi connectivity index (χ1) is 9.38. The lowest BCUT2D eigenvalue weighted by atomic mass is 10.1. The predicted molar refractivity (Wildman–Crippen MR) is 74.0 cm³/mol. The fourth-order valence-corrected chi connectivity index (χ4v) is 1.95. The Morgan fingerprint density at radius 1 is 1.30 bits per heavy atom. The van der Waals surface area contributed by atoms with E-state index in [1.54, 1.807) is 13.1 Å². The Kier molecular flexibility index (Phi) is 3.56. The second-order valence-corrected chi connectivity index (χ2v) is 4.64. The van der Waals surface area contributed by atoms with Crippen LogP contribution in [0.3, 0.4) is 0 Å². The third-order valence-corrected chi connectivity index (χ3v) is 2.90. The fourth-order valence-electron chi connectivity index (χ4n) is 1.95. The number of aromatic carboxylic acids is 1.